The molecule has 3 N–H and O–H groups in total. The molecular weight excluding hydrogens is 264 g/mol. The van der Waals surface area contributed by atoms with Crippen LogP contribution in [0.15, 0.2) is 16.2 Å². The van der Waals surface area contributed by atoms with Crippen molar-refractivity contribution in [2.24, 2.45) is 0 Å². The van der Waals surface area contributed by atoms with Gasteiger partial charge in [0, 0.05) is 0 Å². The van der Waals surface area contributed by atoms with E-state index in [2.05, 4.69) is 15.3 Å². The highest BCUT2D eigenvalue weighted by molar-refractivity contribution is 7.17. The Morgan fingerprint density at radius 2 is 2.33 bits per heavy atom. The number of rotatable bonds is 5. The first-order valence-electron chi connectivity index (χ1n) is 5.18. The van der Waals surface area contributed by atoms with Gasteiger partial charge in [-0.05, 0) is 11.4 Å². The molecule has 0 fully saturated rings. The molecule has 0 aliphatic rings. The number of fused-ring (bicyclic) bond motifs is 1. The van der Waals surface area contributed by atoms with Crippen LogP contribution < -0.4 is 10.9 Å². The molecule has 2 heterocycles. The lowest BCUT2D eigenvalue weighted by Crippen LogP contribution is -2.36. The SMILES string of the molecule is O=c1[nH]c(CNCC(F)(F)CO)nc2ccsc12. The Kier molecular flexibility index (Phi) is 3.69. The van der Waals surface area contributed by atoms with Gasteiger partial charge in [0.2, 0.25) is 0 Å². The molecule has 5 nitrogen and oxygen atoms in total. The summed E-state index contributed by atoms with van der Waals surface area (Å²) in [6.07, 6.45) is 0. The first-order chi connectivity index (χ1) is 8.52. The van der Waals surface area contributed by atoms with Gasteiger partial charge in [-0.3, -0.25) is 4.79 Å². The van der Waals surface area contributed by atoms with Crippen molar-refractivity contribution < 1.29 is 13.9 Å². The number of halogens is 2. The molecule has 0 aliphatic carbocycles. The smallest absolute Gasteiger partial charge is 0.282 e. The number of hydrogen-bond donors (Lipinski definition) is 3. The molecule has 0 saturated heterocycles. The van der Waals surface area contributed by atoms with Crippen molar-refractivity contribution in [2.75, 3.05) is 13.2 Å². The van der Waals surface area contributed by atoms with Crippen LogP contribution in [0.1, 0.15) is 5.82 Å². The van der Waals surface area contributed by atoms with Crippen LogP contribution in [0.25, 0.3) is 10.2 Å². The van der Waals surface area contributed by atoms with E-state index in [4.69, 9.17) is 5.11 Å². The standard InChI is InChI=1S/C10H11F2N3O2S/c11-10(12,5-16)4-13-3-7-14-6-1-2-18-8(6)9(17)15-7/h1-2,13,16H,3-5H2,(H,14,15,17). The summed E-state index contributed by atoms with van der Waals surface area (Å²) in [4.78, 5) is 18.2. The van der Waals surface area contributed by atoms with Crippen LogP contribution in [-0.2, 0) is 6.54 Å². The van der Waals surface area contributed by atoms with Gasteiger partial charge in [0.15, 0.2) is 0 Å². The van der Waals surface area contributed by atoms with E-state index < -0.39 is 19.1 Å². The van der Waals surface area contributed by atoms with Crippen molar-refractivity contribution in [3.05, 3.63) is 27.6 Å². The Morgan fingerprint density at radius 3 is 3.06 bits per heavy atom. The number of aliphatic hydroxyl groups is 1. The van der Waals surface area contributed by atoms with Gasteiger partial charge in [-0.15, -0.1) is 11.3 Å². The molecule has 2 rings (SSSR count). The van der Waals surface area contributed by atoms with Crippen LogP contribution in [0.5, 0.6) is 0 Å². The second-order valence-corrected chi connectivity index (χ2v) is 4.68. The van der Waals surface area contributed by atoms with E-state index in [9.17, 15) is 13.6 Å². The first-order valence-corrected chi connectivity index (χ1v) is 6.05. The fourth-order valence-electron chi connectivity index (χ4n) is 1.43. The van der Waals surface area contributed by atoms with Crippen LogP contribution in [-0.4, -0.2) is 34.1 Å². The molecule has 98 valence electrons. The van der Waals surface area contributed by atoms with Crippen LogP contribution in [0.3, 0.4) is 0 Å². The lowest BCUT2D eigenvalue weighted by Gasteiger charge is -2.13. The van der Waals surface area contributed by atoms with E-state index in [-0.39, 0.29) is 12.1 Å². The molecule has 8 heteroatoms. The van der Waals surface area contributed by atoms with Crippen LogP contribution >= 0.6 is 11.3 Å². The summed E-state index contributed by atoms with van der Waals surface area (Å²) in [5.41, 5.74) is 0.273. The molecule has 0 bridgehead atoms. The second-order valence-electron chi connectivity index (χ2n) is 3.77. The van der Waals surface area contributed by atoms with Gasteiger partial charge >= 0.3 is 0 Å². The molecule has 18 heavy (non-hydrogen) atoms. The zero-order valence-corrected chi connectivity index (χ0v) is 10.1. The van der Waals surface area contributed by atoms with Crippen LogP contribution in [0, 0.1) is 0 Å². The lowest BCUT2D eigenvalue weighted by atomic mass is 10.3. The summed E-state index contributed by atoms with van der Waals surface area (Å²) >= 11 is 1.27. The number of alkyl halides is 2. The van der Waals surface area contributed by atoms with Gasteiger partial charge in [-0.1, -0.05) is 0 Å². The number of aromatic nitrogens is 2. The quantitative estimate of drug-likeness (QED) is 0.750. The highest BCUT2D eigenvalue weighted by Gasteiger charge is 2.26. The molecule has 0 amide bonds. The Bertz CT molecular complexity index is 596. The van der Waals surface area contributed by atoms with E-state index in [1.165, 1.54) is 11.3 Å². The van der Waals surface area contributed by atoms with Crippen molar-refractivity contribution in [1.29, 1.82) is 0 Å². The molecule has 2 aromatic heterocycles. The predicted octanol–water partition coefficient (Wildman–Crippen LogP) is 0.702. The number of H-pyrrole nitrogens is 1. The monoisotopic (exact) mass is 275 g/mol. The highest BCUT2D eigenvalue weighted by Crippen LogP contribution is 2.14. The molecule has 0 spiro atoms. The Balaban J connectivity index is 2.06. The van der Waals surface area contributed by atoms with Crippen molar-refractivity contribution in [3.8, 4) is 0 Å². The normalized spacial score (nSPS) is 12.2. The third-order valence-electron chi connectivity index (χ3n) is 2.27. The molecule has 0 aliphatic heterocycles. The summed E-state index contributed by atoms with van der Waals surface area (Å²) in [5.74, 6) is -2.88. The zero-order chi connectivity index (χ0) is 13.2. The number of nitrogens with one attached hydrogen (secondary N) is 2. The van der Waals surface area contributed by atoms with E-state index in [1.54, 1.807) is 11.4 Å². The molecule has 0 radical (unpaired) electrons. The number of aliphatic hydroxyl groups excluding tert-OH is 1. The van der Waals surface area contributed by atoms with E-state index in [0.29, 0.717) is 16.0 Å². The number of thiophene rings is 1. The van der Waals surface area contributed by atoms with E-state index in [0.717, 1.165) is 0 Å². The van der Waals surface area contributed by atoms with Crippen molar-refractivity contribution in [2.45, 2.75) is 12.5 Å². The third kappa shape index (κ3) is 2.89. The first kappa shape index (κ1) is 13.1. The van der Waals surface area contributed by atoms with E-state index in [1.807, 2.05) is 0 Å². The van der Waals surface area contributed by atoms with Gasteiger partial charge in [-0.2, -0.15) is 0 Å². The Morgan fingerprint density at radius 1 is 1.56 bits per heavy atom. The van der Waals surface area contributed by atoms with E-state index >= 15 is 0 Å². The highest BCUT2D eigenvalue weighted by atomic mass is 32.1. The fourth-order valence-corrected chi connectivity index (χ4v) is 2.15. The van der Waals surface area contributed by atoms with Gasteiger partial charge in [-0.25, -0.2) is 13.8 Å². The average Bonchev–Trinajstić information content (AvgIpc) is 2.77. The second kappa shape index (κ2) is 5.09. The van der Waals surface area contributed by atoms with Gasteiger partial charge in [0.25, 0.3) is 11.5 Å². The fraction of sp³-hybridized carbons (Fsp3) is 0.400. The summed E-state index contributed by atoms with van der Waals surface area (Å²) in [7, 11) is 0. The van der Waals surface area contributed by atoms with Gasteiger partial charge in [0.1, 0.15) is 17.1 Å². The third-order valence-corrected chi connectivity index (χ3v) is 3.17. The molecule has 2 aromatic rings. The maximum Gasteiger partial charge on any atom is 0.282 e. The topological polar surface area (TPSA) is 78.0 Å². The van der Waals surface area contributed by atoms with Gasteiger partial charge in [0.05, 0.1) is 18.6 Å². The van der Waals surface area contributed by atoms with Crippen molar-refractivity contribution >= 4 is 21.6 Å². The summed E-state index contributed by atoms with van der Waals surface area (Å²) in [6, 6.07) is 1.70. The molecule has 0 unspecified atom stereocenters. The zero-order valence-electron chi connectivity index (χ0n) is 9.24. The number of aromatic amines is 1. The Labute approximate surface area is 104 Å². The summed E-state index contributed by atoms with van der Waals surface area (Å²) < 4.78 is 26.0. The average molecular weight is 275 g/mol. The van der Waals surface area contributed by atoms with Gasteiger partial charge < -0.3 is 15.4 Å². The number of nitrogens with zero attached hydrogens (tertiary/aromatic N) is 1. The molecule has 0 atom stereocenters. The predicted molar refractivity (Wildman–Crippen MR) is 64.0 cm³/mol. The van der Waals surface area contributed by atoms with Crippen molar-refractivity contribution in [3.63, 3.8) is 0 Å². The molecule has 0 aromatic carbocycles. The molecular formula is C10H11F2N3O2S. The summed E-state index contributed by atoms with van der Waals surface area (Å²) in [5, 5.41) is 12.6. The summed E-state index contributed by atoms with van der Waals surface area (Å²) in [6.45, 7) is -1.88. The molecule has 0 saturated carbocycles. The Hall–Kier alpha value is -1.38. The minimum atomic E-state index is -3.17. The van der Waals surface area contributed by atoms with Crippen LogP contribution in [0.4, 0.5) is 8.78 Å². The maximum atomic E-state index is 12.7. The maximum absolute atomic E-state index is 12.7. The number of hydrogen-bond acceptors (Lipinski definition) is 5. The van der Waals surface area contributed by atoms with Crippen molar-refractivity contribution in [1.82, 2.24) is 15.3 Å². The van der Waals surface area contributed by atoms with Crippen LogP contribution in [0.2, 0.25) is 0 Å². The minimum Gasteiger partial charge on any atom is -0.390 e. The minimum absolute atomic E-state index is 0.0105. The largest absolute Gasteiger partial charge is 0.390 e. The lowest BCUT2D eigenvalue weighted by molar-refractivity contribution is -0.0478.